The number of carbonyl (C=O) groups excluding carboxylic acids is 1. The second-order valence-electron chi connectivity index (χ2n) is 5.21. The second-order valence-corrected chi connectivity index (χ2v) is 7.58. The Bertz CT molecular complexity index is 833. The zero-order chi connectivity index (χ0) is 17.6. The predicted octanol–water partition coefficient (Wildman–Crippen LogP) is 2.25. The third kappa shape index (κ3) is 4.60. The van der Waals surface area contributed by atoms with Gasteiger partial charge in [0.1, 0.15) is 5.01 Å². The summed E-state index contributed by atoms with van der Waals surface area (Å²) in [5, 5.41) is 24.1. The Labute approximate surface area is 153 Å². The van der Waals surface area contributed by atoms with Crippen molar-refractivity contribution in [1.82, 2.24) is 30.4 Å². The van der Waals surface area contributed by atoms with Gasteiger partial charge in [0.25, 0.3) is 0 Å². The molecule has 0 radical (unpaired) electrons. The van der Waals surface area contributed by atoms with Crippen molar-refractivity contribution in [2.24, 2.45) is 0 Å². The average Bonchev–Trinajstić information content (AvgIpc) is 3.25. The van der Waals surface area contributed by atoms with E-state index in [2.05, 4.69) is 31.0 Å². The number of rotatable bonds is 7. The molecule has 3 rings (SSSR count). The van der Waals surface area contributed by atoms with Crippen LogP contribution in [0.5, 0.6) is 0 Å². The van der Waals surface area contributed by atoms with Gasteiger partial charge in [-0.2, -0.15) is 0 Å². The monoisotopic (exact) mass is 375 g/mol. The van der Waals surface area contributed by atoms with Crippen LogP contribution in [0.15, 0.2) is 35.5 Å². The fourth-order valence-electron chi connectivity index (χ4n) is 2.00. The highest BCUT2D eigenvalue weighted by atomic mass is 32.2. The van der Waals surface area contributed by atoms with E-state index >= 15 is 0 Å². The summed E-state index contributed by atoms with van der Waals surface area (Å²) in [5.74, 6) is -0.155. The Morgan fingerprint density at radius 1 is 1.28 bits per heavy atom. The van der Waals surface area contributed by atoms with Crippen LogP contribution in [-0.2, 0) is 17.8 Å². The summed E-state index contributed by atoms with van der Waals surface area (Å²) >= 11 is 2.69. The van der Waals surface area contributed by atoms with E-state index in [1.54, 1.807) is 4.68 Å². The van der Waals surface area contributed by atoms with Crippen molar-refractivity contribution in [1.29, 1.82) is 0 Å². The molecule has 1 atom stereocenters. The lowest BCUT2D eigenvalue weighted by molar-refractivity contribution is -0.115. The number of amides is 1. The minimum Gasteiger partial charge on any atom is -0.300 e. The molecule has 0 fully saturated rings. The Balaban J connectivity index is 1.62. The maximum Gasteiger partial charge on any atom is 0.239 e. The van der Waals surface area contributed by atoms with Crippen molar-refractivity contribution in [3.05, 3.63) is 40.9 Å². The van der Waals surface area contributed by atoms with E-state index in [9.17, 15) is 4.79 Å². The fraction of sp³-hybridized carbons (Fsp3) is 0.333. The smallest absolute Gasteiger partial charge is 0.239 e. The number of aromatic nitrogens is 6. The first kappa shape index (κ1) is 17.5. The van der Waals surface area contributed by atoms with Gasteiger partial charge in [-0.05, 0) is 29.3 Å². The third-order valence-electron chi connectivity index (χ3n) is 3.33. The first-order chi connectivity index (χ1) is 12.2. The summed E-state index contributed by atoms with van der Waals surface area (Å²) in [6.45, 7) is 4.36. The molecule has 10 heteroatoms. The summed E-state index contributed by atoms with van der Waals surface area (Å²) in [7, 11) is 0. The largest absolute Gasteiger partial charge is 0.300 e. The topological polar surface area (TPSA) is 98.5 Å². The number of benzene rings is 1. The van der Waals surface area contributed by atoms with Gasteiger partial charge >= 0.3 is 0 Å². The Kier molecular flexibility index (Phi) is 5.71. The standard InChI is InChI=1S/C15H17N7OS2/c1-3-12-17-18-14(25-12)16-13(23)10(2)24-15-19-20-21-22(15)9-11-7-5-4-6-8-11/h4-8,10H,3,9H2,1-2H3,(H,16,18,23)/t10-/m1/s1. The SMILES string of the molecule is CCc1nnc(NC(=O)[C@@H](C)Sc2nnnn2Cc2ccccc2)s1. The van der Waals surface area contributed by atoms with E-state index in [1.807, 2.05) is 44.2 Å². The number of thioether (sulfide) groups is 1. The lowest BCUT2D eigenvalue weighted by Crippen LogP contribution is -2.23. The van der Waals surface area contributed by atoms with Crippen molar-refractivity contribution in [3.63, 3.8) is 0 Å². The number of carbonyl (C=O) groups is 1. The molecule has 0 aliphatic heterocycles. The summed E-state index contributed by atoms with van der Waals surface area (Å²) in [6.07, 6.45) is 0.798. The Morgan fingerprint density at radius 2 is 2.08 bits per heavy atom. The molecular formula is C15H17N7OS2. The molecule has 8 nitrogen and oxygen atoms in total. The molecule has 130 valence electrons. The quantitative estimate of drug-likeness (QED) is 0.632. The molecule has 0 saturated heterocycles. The number of hydrogen-bond acceptors (Lipinski definition) is 8. The van der Waals surface area contributed by atoms with Crippen LogP contribution in [0.3, 0.4) is 0 Å². The Morgan fingerprint density at radius 3 is 2.80 bits per heavy atom. The van der Waals surface area contributed by atoms with Crippen LogP contribution in [0.25, 0.3) is 0 Å². The summed E-state index contributed by atoms with van der Waals surface area (Å²) in [6, 6.07) is 9.91. The van der Waals surface area contributed by atoms with Gasteiger partial charge in [0.15, 0.2) is 0 Å². The minimum atomic E-state index is -0.366. The van der Waals surface area contributed by atoms with Crippen LogP contribution in [-0.4, -0.2) is 41.6 Å². The van der Waals surface area contributed by atoms with Crippen molar-refractivity contribution in [3.8, 4) is 0 Å². The summed E-state index contributed by atoms with van der Waals surface area (Å²) in [4.78, 5) is 12.3. The first-order valence-corrected chi connectivity index (χ1v) is 9.45. The van der Waals surface area contributed by atoms with Crippen LogP contribution in [0, 0.1) is 0 Å². The number of aryl methyl sites for hydroxylation is 1. The first-order valence-electron chi connectivity index (χ1n) is 7.75. The molecule has 2 aromatic heterocycles. The van der Waals surface area contributed by atoms with Crippen molar-refractivity contribution in [2.45, 2.75) is 37.2 Å². The minimum absolute atomic E-state index is 0.155. The maximum atomic E-state index is 12.3. The molecule has 0 aliphatic carbocycles. The number of tetrazole rings is 1. The molecule has 1 N–H and O–H groups in total. The average molecular weight is 375 g/mol. The molecule has 1 aromatic carbocycles. The van der Waals surface area contributed by atoms with Crippen LogP contribution in [0.4, 0.5) is 5.13 Å². The molecule has 3 aromatic rings. The third-order valence-corrected chi connectivity index (χ3v) is 5.38. The molecular weight excluding hydrogens is 358 g/mol. The van der Waals surface area contributed by atoms with E-state index in [0.717, 1.165) is 17.0 Å². The van der Waals surface area contributed by atoms with Gasteiger partial charge in [0.05, 0.1) is 11.8 Å². The predicted molar refractivity (Wildman–Crippen MR) is 96.6 cm³/mol. The number of anilines is 1. The molecule has 2 heterocycles. The Hall–Kier alpha value is -2.33. The van der Waals surface area contributed by atoms with Crippen LogP contribution in [0.1, 0.15) is 24.4 Å². The highest BCUT2D eigenvalue weighted by Gasteiger charge is 2.20. The maximum absolute atomic E-state index is 12.3. The van der Waals surface area contributed by atoms with Gasteiger partial charge in [0.2, 0.25) is 16.2 Å². The number of nitrogens with zero attached hydrogens (tertiary/aromatic N) is 6. The zero-order valence-corrected chi connectivity index (χ0v) is 15.4. The highest BCUT2D eigenvalue weighted by Crippen LogP contribution is 2.23. The van der Waals surface area contributed by atoms with Crippen molar-refractivity contribution in [2.75, 3.05) is 5.32 Å². The van der Waals surface area contributed by atoms with Gasteiger partial charge < -0.3 is 0 Å². The second kappa shape index (κ2) is 8.17. The molecule has 0 spiro atoms. The van der Waals surface area contributed by atoms with Crippen LogP contribution >= 0.6 is 23.1 Å². The lowest BCUT2D eigenvalue weighted by Gasteiger charge is -2.10. The van der Waals surface area contributed by atoms with E-state index in [4.69, 9.17) is 0 Å². The van der Waals surface area contributed by atoms with Crippen LogP contribution < -0.4 is 5.32 Å². The van der Waals surface area contributed by atoms with Gasteiger partial charge in [-0.15, -0.1) is 15.3 Å². The highest BCUT2D eigenvalue weighted by molar-refractivity contribution is 8.00. The number of nitrogens with one attached hydrogen (secondary N) is 1. The van der Waals surface area contributed by atoms with Crippen molar-refractivity contribution < 1.29 is 4.79 Å². The zero-order valence-electron chi connectivity index (χ0n) is 13.8. The van der Waals surface area contributed by atoms with E-state index < -0.39 is 0 Å². The molecule has 0 bridgehead atoms. The molecule has 0 unspecified atom stereocenters. The van der Waals surface area contributed by atoms with Crippen LogP contribution in [0.2, 0.25) is 0 Å². The molecule has 0 aliphatic rings. The molecule has 25 heavy (non-hydrogen) atoms. The van der Waals surface area contributed by atoms with Gasteiger partial charge in [-0.1, -0.05) is 60.4 Å². The van der Waals surface area contributed by atoms with E-state index in [-0.39, 0.29) is 11.2 Å². The summed E-state index contributed by atoms with van der Waals surface area (Å²) in [5.41, 5.74) is 1.09. The summed E-state index contributed by atoms with van der Waals surface area (Å²) < 4.78 is 1.68. The van der Waals surface area contributed by atoms with E-state index in [1.165, 1.54) is 23.1 Å². The van der Waals surface area contributed by atoms with Gasteiger partial charge in [-0.25, -0.2) is 4.68 Å². The molecule has 0 saturated carbocycles. The van der Waals surface area contributed by atoms with Crippen molar-refractivity contribution >= 4 is 34.1 Å². The fourth-order valence-corrected chi connectivity index (χ4v) is 3.47. The van der Waals surface area contributed by atoms with E-state index in [0.29, 0.717) is 16.8 Å². The number of hydrogen-bond donors (Lipinski definition) is 1. The molecule has 1 amide bonds. The van der Waals surface area contributed by atoms with Gasteiger partial charge in [0, 0.05) is 0 Å². The normalized spacial score (nSPS) is 12.1. The van der Waals surface area contributed by atoms with Gasteiger partial charge in [-0.3, -0.25) is 10.1 Å². The lowest BCUT2D eigenvalue weighted by atomic mass is 10.2.